The summed E-state index contributed by atoms with van der Waals surface area (Å²) in [5.41, 5.74) is 3.33. The molecule has 0 unspecified atom stereocenters. The van der Waals surface area contributed by atoms with E-state index in [9.17, 15) is 4.39 Å². The van der Waals surface area contributed by atoms with Crippen LogP contribution in [0.25, 0.3) is 11.1 Å². The first-order valence-corrected chi connectivity index (χ1v) is 7.11. The molecule has 0 radical (unpaired) electrons. The SMILES string of the molecule is CCc1nc2cc(NCc3ccc(Cl)c(F)c3)ccc2o1. The molecule has 0 bridgehead atoms. The third-order valence-corrected chi connectivity index (χ3v) is 3.52. The highest BCUT2D eigenvalue weighted by Gasteiger charge is 2.05. The third kappa shape index (κ3) is 3.00. The molecule has 3 aromatic rings. The van der Waals surface area contributed by atoms with Crippen LogP contribution in [0, 0.1) is 5.82 Å². The third-order valence-electron chi connectivity index (χ3n) is 3.21. The van der Waals surface area contributed by atoms with Crippen LogP contribution in [-0.2, 0) is 13.0 Å². The van der Waals surface area contributed by atoms with Crippen LogP contribution >= 0.6 is 11.6 Å². The van der Waals surface area contributed by atoms with Crippen molar-refractivity contribution < 1.29 is 8.81 Å². The normalized spacial score (nSPS) is 11.0. The molecule has 108 valence electrons. The molecule has 3 rings (SSSR count). The van der Waals surface area contributed by atoms with Crippen molar-refractivity contribution in [3.63, 3.8) is 0 Å². The number of fused-ring (bicyclic) bond motifs is 1. The van der Waals surface area contributed by atoms with E-state index < -0.39 is 5.82 Å². The highest BCUT2D eigenvalue weighted by atomic mass is 35.5. The van der Waals surface area contributed by atoms with Crippen LogP contribution < -0.4 is 5.32 Å². The van der Waals surface area contributed by atoms with Gasteiger partial charge in [0.2, 0.25) is 0 Å². The minimum absolute atomic E-state index is 0.134. The molecule has 1 N–H and O–H groups in total. The number of halogens is 2. The largest absolute Gasteiger partial charge is 0.441 e. The molecule has 0 amide bonds. The Morgan fingerprint density at radius 2 is 2.10 bits per heavy atom. The van der Waals surface area contributed by atoms with Gasteiger partial charge >= 0.3 is 0 Å². The van der Waals surface area contributed by atoms with Gasteiger partial charge in [-0.3, -0.25) is 0 Å². The van der Waals surface area contributed by atoms with Gasteiger partial charge in [-0.15, -0.1) is 0 Å². The van der Waals surface area contributed by atoms with Crippen molar-refractivity contribution in [2.45, 2.75) is 19.9 Å². The number of rotatable bonds is 4. The fourth-order valence-corrected chi connectivity index (χ4v) is 2.21. The second kappa shape index (κ2) is 5.74. The maximum atomic E-state index is 13.4. The van der Waals surface area contributed by atoms with Crippen molar-refractivity contribution in [1.29, 1.82) is 0 Å². The number of nitrogens with zero attached hydrogens (tertiary/aromatic N) is 1. The highest BCUT2D eigenvalue weighted by Crippen LogP contribution is 2.21. The monoisotopic (exact) mass is 304 g/mol. The predicted molar refractivity (Wildman–Crippen MR) is 82.1 cm³/mol. The van der Waals surface area contributed by atoms with Crippen molar-refractivity contribution in [3.8, 4) is 0 Å². The molecule has 0 aliphatic heterocycles. The first kappa shape index (κ1) is 13.9. The molecule has 0 saturated carbocycles. The summed E-state index contributed by atoms with van der Waals surface area (Å²) in [5.74, 6) is 0.317. The maximum Gasteiger partial charge on any atom is 0.195 e. The van der Waals surface area contributed by atoms with Crippen molar-refractivity contribution in [3.05, 3.63) is 58.7 Å². The average Bonchev–Trinajstić information content (AvgIpc) is 2.90. The van der Waals surface area contributed by atoms with E-state index >= 15 is 0 Å². The van der Waals surface area contributed by atoms with Gasteiger partial charge in [0.1, 0.15) is 11.3 Å². The van der Waals surface area contributed by atoms with E-state index in [1.165, 1.54) is 6.07 Å². The second-order valence-corrected chi connectivity index (χ2v) is 5.15. The number of hydrogen-bond donors (Lipinski definition) is 1. The fraction of sp³-hybridized carbons (Fsp3) is 0.188. The second-order valence-electron chi connectivity index (χ2n) is 4.75. The van der Waals surface area contributed by atoms with Gasteiger partial charge in [0.05, 0.1) is 5.02 Å². The summed E-state index contributed by atoms with van der Waals surface area (Å²) in [6.45, 7) is 2.51. The smallest absolute Gasteiger partial charge is 0.195 e. The minimum atomic E-state index is -0.407. The van der Waals surface area contributed by atoms with Crippen molar-refractivity contribution in [1.82, 2.24) is 4.98 Å². The molecule has 0 saturated heterocycles. The van der Waals surface area contributed by atoms with Gasteiger partial charge in [0.25, 0.3) is 0 Å². The standard InChI is InChI=1S/C16H14ClFN2O/c1-2-16-20-14-8-11(4-6-15(14)21-16)19-9-10-3-5-12(17)13(18)7-10/h3-8,19H,2,9H2,1H3. The van der Waals surface area contributed by atoms with Crippen LogP contribution in [0.15, 0.2) is 40.8 Å². The van der Waals surface area contributed by atoms with Gasteiger partial charge in [-0.1, -0.05) is 24.6 Å². The van der Waals surface area contributed by atoms with Crippen molar-refractivity contribution in [2.24, 2.45) is 0 Å². The molecule has 2 aromatic carbocycles. The Hall–Kier alpha value is -2.07. The summed E-state index contributed by atoms with van der Waals surface area (Å²) in [6.07, 6.45) is 0.765. The van der Waals surface area contributed by atoms with E-state index in [-0.39, 0.29) is 5.02 Å². The summed E-state index contributed by atoms with van der Waals surface area (Å²) in [5, 5.41) is 3.37. The molecule has 0 spiro atoms. The molecule has 3 nitrogen and oxygen atoms in total. The number of aryl methyl sites for hydroxylation is 1. The van der Waals surface area contributed by atoms with E-state index in [1.54, 1.807) is 12.1 Å². The zero-order chi connectivity index (χ0) is 14.8. The van der Waals surface area contributed by atoms with E-state index in [1.807, 2.05) is 25.1 Å². The van der Waals surface area contributed by atoms with Gasteiger partial charge in [-0.25, -0.2) is 9.37 Å². The Kier molecular flexibility index (Phi) is 3.80. The molecule has 1 heterocycles. The summed E-state index contributed by atoms with van der Waals surface area (Å²) >= 11 is 5.67. The van der Waals surface area contributed by atoms with Crippen LogP contribution in [-0.4, -0.2) is 4.98 Å². The Bertz CT molecular complexity index is 785. The van der Waals surface area contributed by atoms with E-state index in [4.69, 9.17) is 16.0 Å². The Morgan fingerprint density at radius 1 is 1.24 bits per heavy atom. The van der Waals surface area contributed by atoms with Gasteiger partial charge in [0, 0.05) is 18.7 Å². The number of hydrogen-bond acceptors (Lipinski definition) is 3. The summed E-state index contributed by atoms with van der Waals surface area (Å²) in [7, 11) is 0. The minimum Gasteiger partial charge on any atom is -0.441 e. The van der Waals surface area contributed by atoms with Gasteiger partial charge in [0.15, 0.2) is 11.5 Å². The van der Waals surface area contributed by atoms with Gasteiger partial charge < -0.3 is 9.73 Å². The van der Waals surface area contributed by atoms with Crippen LogP contribution in [0.2, 0.25) is 5.02 Å². The fourth-order valence-electron chi connectivity index (χ4n) is 2.09. The van der Waals surface area contributed by atoms with E-state index in [2.05, 4.69) is 10.3 Å². The maximum absolute atomic E-state index is 13.4. The van der Waals surface area contributed by atoms with E-state index in [0.29, 0.717) is 6.54 Å². The lowest BCUT2D eigenvalue weighted by molar-refractivity contribution is 0.538. The molecule has 0 fully saturated rings. The number of benzene rings is 2. The number of anilines is 1. The molecule has 5 heteroatoms. The summed E-state index contributed by atoms with van der Waals surface area (Å²) in [6, 6.07) is 10.5. The van der Waals surface area contributed by atoms with Crippen molar-refractivity contribution >= 4 is 28.4 Å². The highest BCUT2D eigenvalue weighted by molar-refractivity contribution is 6.30. The average molecular weight is 305 g/mol. The summed E-state index contributed by atoms with van der Waals surface area (Å²) < 4.78 is 18.9. The molecule has 0 aliphatic rings. The molecule has 1 aromatic heterocycles. The molecular formula is C16H14ClFN2O. The van der Waals surface area contributed by atoms with Crippen molar-refractivity contribution in [2.75, 3.05) is 5.32 Å². The summed E-state index contributed by atoms with van der Waals surface area (Å²) in [4.78, 5) is 4.39. The molecule has 0 atom stereocenters. The molecule has 0 aliphatic carbocycles. The molecular weight excluding hydrogens is 291 g/mol. The lowest BCUT2D eigenvalue weighted by Gasteiger charge is -2.06. The Balaban J connectivity index is 1.76. The number of aromatic nitrogens is 1. The Labute approximate surface area is 126 Å². The van der Waals surface area contributed by atoms with E-state index in [0.717, 1.165) is 34.7 Å². The zero-order valence-electron chi connectivity index (χ0n) is 11.5. The Morgan fingerprint density at radius 3 is 2.86 bits per heavy atom. The van der Waals surface area contributed by atoms with Crippen LogP contribution in [0.5, 0.6) is 0 Å². The number of nitrogens with one attached hydrogen (secondary N) is 1. The lowest BCUT2D eigenvalue weighted by Crippen LogP contribution is -1.99. The van der Waals surface area contributed by atoms with Gasteiger partial charge in [-0.2, -0.15) is 0 Å². The lowest BCUT2D eigenvalue weighted by atomic mass is 10.2. The van der Waals surface area contributed by atoms with Crippen LogP contribution in [0.4, 0.5) is 10.1 Å². The molecule has 21 heavy (non-hydrogen) atoms. The number of oxazole rings is 1. The predicted octanol–water partition coefficient (Wildman–Crippen LogP) is 4.79. The zero-order valence-corrected chi connectivity index (χ0v) is 12.2. The first-order valence-electron chi connectivity index (χ1n) is 6.73. The van der Waals surface area contributed by atoms with Gasteiger partial charge in [-0.05, 0) is 35.9 Å². The quantitative estimate of drug-likeness (QED) is 0.752. The van der Waals surface area contributed by atoms with Crippen LogP contribution in [0.3, 0.4) is 0 Å². The topological polar surface area (TPSA) is 38.1 Å². The van der Waals surface area contributed by atoms with Crippen LogP contribution in [0.1, 0.15) is 18.4 Å². The first-order chi connectivity index (χ1) is 10.2.